The third-order valence-corrected chi connectivity index (χ3v) is 44.3. The van der Waals surface area contributed by atoms with Crippen molar-refractivity contribution in [3.8, 4) is 0 Å². The van der Waals surface area contributed by atoms with Crippen LogP contribution in [0, 0.1) is 0 Å². The maximum Gasteiger partial charge on any atom is 1.00 e. The molecule has 7 fully saturated rings. The smallest absolute Gasteiger partial charge is 1.00 e. The average molecular weight is 1500 g/mol. The fourth-order valence-electron chi connectivity index (χ4n) is 14.3. The van der Waals surface area contributed by atoms with Crippen molar-refractivity contribution < 1.29 is 98.6 Å². The van der Waals surface area contributed by atoms with Gasteiger partial charge in [0.25, 0.3) is 26.8 Å². The zero-order valence-electron chi connectivity index (χ0n) is 59.0. The van der Waals surface area contributed by atoms with Gasteiger partial charge in [-0.3, -0.25) is 51.9 Å². The quantitative estimate of drug-likeness (QED) is 0.0609. The molecule has 0 amide bonds. The largest absolute Gasteiger partial charge is 1.00 e. The average Bonchev–Trinajstić information content (AvgIpc) is 1.52. The molecule has 7 saturated heterocycles. The molecule has 2 spiro atoms. The Balaban J connectivity index is 0.000000315. The molecule has 0 aliphatic carbocycles. The molecular formula is C58H103FN7NaO20S4Si4. The van der Waals surface area contributed by atoms with Crippen molar-refractivity contribution in [1.29, 1.82) is 0 Å². The van der Waals surface area contributed by atoms with Gasteiger partial charge in [-0.1, -0.05) is 111 Å². The molecule has 95 heavy (non-hydrogen) atoms. The SMILES string of the molecule is CC(C)[Si]1(C(C)C)OC[C@H]2O[C@@H](n3ccc(=O)[nH]c3=O)[C@@](S)(CCOS(C)(=O)=O)[C@@H]2O[Si](C(C)C)(C(C)C)O1.CC(C)[Si]1(C(C)C)OC[C@H]2O[C@@H](n3ccc(=O)[nH]c3=O)[C@@]3(CCS3)[C@@H]2O[Si](C(C)C)(C(C)C)O1.F.N.O=c1ccn([C@@H]2O[C@H](CO)[C@@H](O)[C@]23CCS3)c(=O)[nH]1.[H-].[Na+]. The molecule has 8 N–H and O–H groups in total. The second kappa shape index (κ2) is 32.3. The first kappa shape index (κ1) is 84.0. The van der Waals surface area contributed by atoms with Crippen LogP contribution in [-0.4, -0.2) is 177 Å². The van der Waals surface area contributed by atoms with E-state index in [0.717, 1.165) is 24.2 Å². The fourth-order valence-corrected chi connectivity index (χ4v) is 40.6. The molecule has 0 bridgehead atoms. The second-order valence-corrected chi connectivity index (χ2v) is 50.7. The van der Waals surface area contributed by atoms with Crippen LogP contribution in [0.3, 0.4) is 0 Å². The van der Waals surface area contributed by atoms with Crippen molar-refractivity contribution in [2.75, 3.05) is 44.2 Å². The Kier molecular flexibility index (Phi) is 28.6. The number of hydrogen-bond donors (Lipinski definition) is 7. The van der Waals surface area contributed by atoms with Gasteiger partial charge in [0.05, 0.1) is 59.1 Å². The van der Waals surface area contributed by atoms with Gasteiger partial charge in [-0.15, -0.1) is 23.5 Å². The van der Waals surface area contributed by atoms with Crippen molar-refractivity contribution in [2.45, 2.75) is 244 Å². The maximum atomic E-state index is 12.9. The van der Waals surface area contributed by atoms with Crippen LogP contribution >= 0.6 is 36.2 Å². The molecular weight excluding hydrogens is 1400 g/mol. The Morgan fingerprint density at radius 1 is 0.600 bits per heavy atom. The van der Waals surface area contributed by atoms with Gasteiger partial charge in [0.2, 0.25) is 0 Å². The van der Waals surface area contributed by atoms with Crippen molar-refractivity contribution in [2.24, 2.45) is 0 Å². The fraction of sp³-hybridized carbons (Fsp3) is 0.793. The Hall–Kier alpha value is -1.68. The van der Waals surface area contributed by atoms with Gasteiger partial charge >= 0.3 is 80.9 Å². The molecule has 0 unspecified atom stereocenters. The molecule has 10 heterocycles. The molecule has 10 rings (SSSR count). The zero-order chi connectivity index (χ0) is 68.2. The van der Waals surface area contributed by atoms with Crippen LogP contribution in [-0.2, 0) is 54.4 Å². The molecule has 0 aromatic carbocycles. The minimum Gasteiger partial charge on any atom is -1.00 e. The Morgan fingerprint density at radius 2 is 0.937 bits per heavy atom. The molecule has 3 aromatic rings. The van der Waals surface area contributed by atoms with Gasteiger partial charge in [0.1, 0.15) is 24.4 Å². The van der Waals surface area contributed by atoms with Crippen LogP contribution in [0.1, 0.15) is 150 Å². The predicted octanol–water partition coefficient (Wildman–Crippen LogP) is 3.79. The number of nitrogens with one attached hydrogen (secondary N) is 3. The van der Waals surface area contributed by atoms with Crippen LogP contribution in [0.25, 0.3) is 0 Å². The summed E-state index contributed by atoms with van der Waals surface area (Å²) in [7, 11) is -15.1. The summed E-state index contributed by atoms with van der Waals surface area (Å²) in [6, 6.07) is 3.84. The Morgan fingerprint density at radius 3 is 1.26 bits per heavy atom. The first-order chi connectivity index (χ1) is 42.9. The number of rotatable bonds is 16. The summed E-state index contributed by atoms with van der Waals surface area (Å²) in [5, 5.41) is 19.5. The number of thioether (sulfide) groups is 2. The standard InChI is InChI=1S/C24H44N2O9S2Si2.C23H40N2O6SSi2.C11H14N2O5S.FH.H3N.Na.H/c1-15(2)38(16(3)4)32-14-19-21(34-39(35-38,17(5)6)18(7)8)24(36,11-13-31-37(9,29)30)22(33-19)26-12-10-20(27)25-23(26)28;1-14(2)33(15(3)4)28-13-18-20(30-34(31-33,16(5)6)17(7)8)23(10-12-32-23)21(29-18)25-11-9-19(26)24-22(25)27;14-5-6-8(16)11(2-4-19-11)9(18-6)13-3-1-7(15)12-10(13)17;;;;/h10,12,15-19,21-22,36H,11,13-14H2,1-9H3,(H,25,27,28);9,11,14-18,20-21H,10,12-13H2,1-8H3,(H,24,26,27);1,3,6,8-9,14,16H,2,4-5H2,(H,12,15,17);1H;1H3;;/q;;;;;+1;-1/t19-,21-,22-,24-;18-,20-,21-,23-;6-,8-,9-,11-;;;;/m111..../s1. The number of ether oxygens (including phenoxy) is 3. The van der Waals surface area contributed by atoms with Crippen LogP contribution < -0.4 is 69.5 Å². The molecule has 12 atom stereocenters. The van der Waals surface area contributed by atoms with Crippen LogP contribution in [0.2, 0.25) is 44.3 Å². The molecule has 3 aromatic heterocycles. The summed E-state index contributed by atoms with van der Waals surface area (Å²) in [5.41, 5.74) is -1.88. The van der Waals surface area contributed by atoms with Crippen molar-refractivity contribution in [3.63, 3.8) is 0 Å². The number of aromatic amines is 3. The molecule has 0 radical (unpaired) electrons. The van der Waals surface area contributed by atoms with Crippen molar-refractivity contribution >= 4 is 80.5 Å². The van der Waals surface area contributed by atoms with E-state index in [0.29, 0.717) is 13.0 Å². The van der Waals surface area contributed by atoms with E-state index in [9.17, 15) is 47.4 Å². The van der Waals surface area contributed by atoms with Gasteiger partial charge in [-0.25, -0.2) is 14.4 Å². The number of thiol groups is 1. The van der Waals surface area contributed by atoms with Crippen molar-refractivity contribution in [1.82, 2.24) is 34.8 Å². The molecule has 27 nitrogen and oxygen atoms in total. The predicted molar refractivity (Wildman–Crippen MR) is 372 cm³/mol. The number of hydrogen-bond acceptors (Lipinski definition) is 24. The summed E-state index contributed by atoms with van der Waals surface area (Å²) in [4.78, 5) is 78.9. The Labute approximate surface area is 596 Å². The van der Waals surface area contributed by atoms with Crippen LogP contribution in [0.4, 0.5) is 4.70 Å². The first-order valence-electron chi connectivity index (χ1n) is 32.0. The number of aliphatic hydroxyl groups excluding tert-OH is 2. The summed E-state index contributed by atoms with van der Waals surface area (Å²) in [6.07, 6.45) is 1.17. The van der Waals surface area contributed by atoms with E-state index in [-0.39, 0.29) is 125 Å². The Bertz CT molecular complexity index is 3530. The van der Waals surface area contributed by atoms with Gasteiger partial charge < -0.3 is 57.9 Å². The summed E-state index contributed by atoms with van der Waals surface area (Å²) >= 11 is 8.39. The molecule has 538 valence electrons. The number of nitrogens with zero attached hydrogens (tertiary/aromatic N) is 3. The summed E-state index contributed by atoms with van der Waals surface area (Å²) in [6.45, 7) is 34.5. The summed E-state index contributed by atoms with van der Waals surface area (Å²) in [5.74, 6) is 1.84. The topological polar surface area (TPSA) is 366 Å². The first-order valence-corrected chi connectivity index (χ1v) is 44.1. The van der Waals surface area contributed by atoms with Gasteiger partial charge in [0, 0.05) is 36.8 Å². The second-order valence-electron chi connectivity index (χ2n) is 27.7. The van der Waals surface area contributed by atoms with E-state index in [1.54, 1.807) is 18.0 Å². The molecule has 7 aliphatic heterocycles. The van der Waals surface area contributed by atoms with Crippen LogP contribution in [0.5, 0.6) is 0 Å². The van der Waals surface area contributed by atoms with E-state index in [4.69, 9.17) is 57.0 Å². The van der Waals surface area contributed by atoms with E-state index in [1.807, 2.05) is 0 Å². The minimum absolute atomic E-state index is 0. The molecule has 0 saturated carbocycles. The number of fused-ring (bicyclic) bond motifs is 3. The van der Waals surface area contributed by atoms with Crippen molar-refractivity contribution in [3.05, 3.63) is 99.3 Å². The van der Waals surface area contributed by atoms with E-state index >= 15 is 0 Å². The zero-order valence-corrected chi connectivity index (χ0v) is 67.4. The van der Waals surface area contributed by atoms with E-state index in [2.05, 4.69) is 126 Å². The summed E-state index contributed by atoms with van der Waals surface area (Å²) < 4.78 is 91.9. The third kappa shape index (κ3) is 15.9. The number of H-pyrrole nitrogens is 3. The van der Waals surface area contributed by atoms with Gasteiger partial charge in [-0.2, -0.15) is 21.0 Å². The third-order valence-electron chi connectivity index (χ3n) is 19.3. The molecule has 37 heteroatoms. The normalized spacial score (nSPS) is 31.2. The minimum atomic E-state index is -3.73. The van der Waals surface area contributed by atoms with Crippen LogP contribution in [0.15, 0.2) is 65.6 Å². The maximum absolute atomic E-state index is 12.9. The van der Waals surface area contributed by atoms with Gasteiger partial charge in [-0.05, 0) is 75.1 Å². The van der Waals surface area contributed by atoms with Gasteiger partial charge in [0.15, 0.2) is 18.7 Å². The van der Waals surface area contributed by atoms with E-state index in [1.165, 1.54) is 56.1 Å². The monoisotopic (exact) mass is 1500 g/mol. The number of aromatic nitrogens is 6. The molecule has 7 aliphatic rings. The van der Waals surface area contributed by atoms with E-state index < -0.39 is 135 Å². The number of aliphatic hydroxyl groups is 2. The number of halogens is 1.